The maximum absolute atomic E-state index is 13.4. The molecule has 0 saturated heterocycles. The van der Waals surface area contributed by atoms with Gasteiger partial charge in [0.15, 0.2) is 16.4 Å². The molecular formula is C30H17FO8. The van der Waals surface area contributed by atoms with Gasteiger partial charge >= 0.3 is 0 Å². The van der Waals surface area contributed by atoms with Gasteiger partial charge in [-0.05, 0) is 35.9 Å². The van der Waals surface area contributed by atoms with Crippen LogP contribution in [0.15, 0.2) is 97.3 Å². The van der Waals surface area contributed by atoms with E-state index < -0.39 is 28.2 Å². The van der Waals surface area contributed by atoms with Gasteiger partial charge in [-0.15, -0.1) is 0 Å². The summed E-state index contributed by atoms with van der Waals surface area (Å²) in [5.74, 6) is -1.85. The lowest BCUT2D eigenvalue weighted by molar-refractivity contribution is 0.451. The van der Waals surface area contributed by atoms with Gasteiger partial charge in [-0.3, -0.25) is 9.59 Å². The maximum Gasteiger partial charge on any atom is 0.197 e. The number of fused-ring (bicyclic) bond motifs is 2. The summed E-state index contributed by atoms with van der Waals surface area (Å²) < 4.78 is 25.2. The molecule has 2 aromatic heterocycles. The van der Waals surface area contributed by atoms with Gasteiger partial charge in [-0.1, -0.05) is 18.2 Å². The number of phenols is 4. The van der Waals surface area contributed by atoms with Crippen molar-refractivity contribution in [2.75, 3.05) is 0 Å². The van der Waals surface area contributed by atoms with Gasteiger partial charge in [0.2, 0.25) is 0 Å². The number of rotatable bonds is 3. The number of benzene rings is 4. The van der Waals surface area contributed by atoms with E-state index in [4.69, 9.17) is 8.83 Å². The first kappa shape index (κ1) is 23.8. The van der Waals surface area contributed by atoms with Crippen molar-refractivity contribution in [2.45, 2.75) is 0 Å². The highest BCUT2D eigenvalue weighted by molar-refractivity contribution is 6.00. The smallest absolute Gasteiger partial charge is 0.197 e. The van der Waals surface area contributed by atoms with Crippen molar-refractivity contribution in [3.05, 3.63) is 105 Å². The molecule has 4 N–H and O–H groups in total. The van der Waals surface area contributed by atoms with E-state index >= 15 is 0 Å². The lowest BCUT2D eigenvalue weighted by atomic mass is 9.98. The number of halogens is 1. The molecule has 0 fully saturated rings. The van der Waals surface area contributed by atoms with Gasteiger partial charge in [0.25, 0.3) is 0 Å². The minimum atomic E-state index is -0.578. The Kier molecular flexibility index (Phi) is 5.35. The Balaban J connectivity index is 1.58. The van der Waals surface area contributed by atoms with Gasteiger partial charge < -0.3 is 29.3 Å². The molecule has 0 radical (unpaired) electrons. The lowest BCUT2D eigenvalue weighted by Crippen LogP contribution is -2.02. The largest absolute Gasteiger partial charge is 0.508 e. The summed E-state index contributed by atoms with van der Waals surface area (Å²) >= 11 is 0. The average Bonchev–Trinajstić information content (AvgIpc) is 2.88. The molecule has 4 aromatic carbocycles. The van der Waals surface area contributed by atoms with Crippen molar-refractivity contribution in [2.24, 2.45) is 0 Å². The molecule has 8 nitrogen and oxygen atoms in total. The van der Waals surface area contributed by atoms with Crippen molar-refractivity contribution in [3.63, 3.8) is 0 Å². The predicted octanol–water partition coefficient (Wildman–Crippen LogP) is 5.86. The molecule has 0 atom stereocenters. The third-order valence-electron chi connectivity index (χ3n) is 6.32. The molecule has 0 spiro atoms. The molecule has 39 heavy (non-hydrogen) atoms. The molecule has 192 valence electrons. The van der Waals surface area contributed by atoms with Crippen LogP contribution in [0.5, 0.6) is 23.0 Å². The van der Waals surface area contributed by atoms with E-state index in [2.05, 4.69) is 0 Å². The van der Waals surface area contributed by atoms with E-state index in [0.717, 1.165) is 12.1 Å². The molecule has 0 amide bonds. The summed E-state index contributed by atoms with van der Waals surface area (Å²) in [4.78, 5) is 25.7. The van der Waals surface area contributed by atoms with Gasteiger partial charge in [-0.25, -0.2) is 4.39 Å². The lowest BCUT2D eigenvalue weighted by Gasteiger charge is -2.13. The highest BCUT2D eigenvalue weighted by Gasteiger charge is 2.21. The Hall–Kier alpha value is -5.57. The van der Waals surface area contributed by atoms with Crippen LogP contribution in [0.1, 0.15) is 0 Å². The Morgan fingerprint density at radius 2 is 1.23 bits per heavy atom. The minimum Gasteiger partial charge on any atom is -0.508 e. The summed E-state index contributed by atoms with van der Waals surface area (Å²) in [6, 6.07) is 17.3. The third-order valence-corrected chi connectivity index (χ3v) is 6.32. The maximum atomic E-state index is 13.4. The number of phenolic OH excluding ortho intramolecular Hbond substituents is 4. The fraction of sp³-hybridized carbons (Fsp3) is 0. The Bertz CT molecular complexity index is 2060. The van der Waals surface area contributed by atoms with E-state index in [-0.39, 0.29) is 50.5 Å². The van der Waals surface area contributed by atoms with Crippen LogP contribution < -0.4 is 10.9 Å². The summed E-state index contributed by atoms with van der Waals surface area (Å²) in [6.45, 7) is 0. The quantitative estimate of drug-likeness (QED) is 0.226. The van der Waals surface area contributed by atoms with Gasteiger partial charge in [-0.2, -0.15) is 0 Å². The van der Waals surface area contributed by atoms with Crippen molar-refractivity contribution in [3.8, 4) is 56.8 Å². The Labute approximate surface area is 217 Å². The van der Waals surface area contributed by atoms with Crippen LogP contribution in [0, 0.1) is 5.82 Å². The monoisotopic (exact) mass is 524 g/mol. The second-order valence-electron chi connectivity index (χ2n) is 8.87. The zero-order valence-electron chi connectivity index (χ0n) is 19.8. The summed E-state index contributed by atoms with van der Waals surface area (Å²) in [5, 5.41) is 40.9. The van der Waals surface area contributed by atoms with Crippen LogP contribution in [-0.2, 0) is 0 Å². The summed E-state index contributed by atoms with van der Waals surface area (Å²) in [6.07, 6.45) is 0. The second kappa shape index (κ2) is 8.77. The Morgan fingerprint density at radius 1 is 0.590 bits per heavy atom. The fourth-order valence-corrected chi connectivity index (χ4v) is 4.56. The molecule has 6 rings (SSSR count). The normalized spacial score (nSPS) is 11.3. The van der Waals surface area contributed by atoms with Gasteiger partial charge in [0.05, 0.1) is 5.56 Å². The van der Waals surface area contributed by atoms with Crippen LogP contribution in [0.2, 0.25) is 0 Å². The highest BCUT2D eigenvalue weighted by atomic mass is 19.1. The molecule has 0 saturated carbocycles. The first-order valence-corrected chi connectivity index (χ1v) is 11.6. The fourth-order valence-electron chi connectivity index (χ4n) is 4.56. The molecule has 0 aliphatic carbocycles. The van der Waals surface area contributed by atoms with E-state index in [1.807, 2.05) is 0 Å². The van der Waals surface area contributed by atoms with E-state index in [9.17, 15) is 34.4 Å². The van der Waals surface area contributed by atoms with Crippen LogP contribution in [0.25, 0.3) is 55.7 Å². The Morgan fingerprint density at radius 3 is 1.97 bits per heavy atom. The van der Waals surface area contributed by atoms with Gasteiger partial charge in [0, 0.05) is 41.5 Å². The summed E-state index contributed by atoms with van der Waals surface area (Å²) in [5.41, 5.74) is -0.0124. The number of aromatic hydroxyl groups is 4. The van der Waals surface area contributed by atoms with Crippen LogP contribution in [0.4, 0.5) is 4.39 Å². The van der Waals surface area contributed by atoms with Crippen molar-refractivity contribution in [1.82, 2.24) is 0 Å². The minimum absolute atomic E-state index is 0.0340. The molecule has 0 bridgehead atoms. The molecule has 0 aliphatic rings. The van der Waals surface area contributed by atoms with Crippen molar-refractivity contribution < 1.29 is 33.7 Å². The van der Waals surface area contributed by atoms with Crippen molar-refractivity contribution in [1.29, 1.82) is 0 Å². The van der Waals surface area contributed by atoms with Crippen LogP contribution in [-0.4, -0.2) is 20.4 Å². The zero-order chi connectivity index (χ0) is 27.4. The van der Waals surface area contributed by atoms with E-state index in [1.54, 1.807) is 24.3 Å². The molecular weight excluding hydrogens is 507 g/mol. The van der Waals surface area contributed by atoms with Crippen molar-refractivity contribution >= 4 is 21.9 Å². The molecule has 0 aliphatic heterocycles. The standard InChI is InChI=1S/C30H17FO8/c31-17-6-4-14(5-7-17)24-13-23(37)29-21(35)11-20(34)27(30(29)39-24)16-3-1-2-15(8-16)25-12-22(36)28-19(33)9-18(32)10-26(28)38-25/h1-13,32-35H. The SMILES string of the molecule is O=c1cc(-c2cccc(-c3c(O)cc(O)c4c(=O)cc(-c5ccc(F)cc5)oc34)c2)oc2cc(O)cc(O)c12. The van der Waals surface area contributed by atoms with Crippen LogP contribution in [0.3, 0.4) is 0 Å². The van der Waals surface area contributed by atoms with Gasteiger partial charge in [0.1, 0.15) is 56.7 Å². The molecule has 6 aromatic rings. The summed E-state index contributed by atoms with van der Waals surface area (Å²) in [7, 11) is 0. The highest BCUT2D eigenvalue weighted by Crippen LogP contribution is 2.42. The van der Waals surface area contributed by atoms with Crippen LogP contribution >= 0.6 is 0 Å². The predicted molar refractivity (Wildman–Crippen MR) is 141 cm³/mol. The number of hydrogen-bond acceptors (Lipinski definition) is 8. The van der Waals surface area contributed by atoms with E-state index in [0.29, 0.717) is 16.7 Å². The topological polar surface area (TPSA) is 141 Å². The second-order valence-corrected chi connectivity index (χ2v) is 8.87. The molecule has 9 heteroatoms. The zero-order valence-corrected chi connectivity index (χ0v) is 19.8. The average molecular weight is 524 g/mol. The van der Waals surface area contributed by atoms with E-state index in [1.165, 1.54) is 42.5 Å². The first-order chi connectivity index (χ1) is 18.7. The molecule has 0 unspecified atom stereocenters. The first-order valence-electron chi connectivity index (χ1n) is 11.6. The molecule has 2 heterocycles. The number of hydrogen-bond donors (Lipinski definition) is 4. The third kappa shape index (κ3) is 4.02.